The molecule has 1 aromatic heterocycles. The quantitative estimate of drug-likeness (QED) is 0.792. The molecule has 0 bridgehead atoms. The molecule has 0 saturated carbocycles. The van der Waals surface area contributed by atoms with E-state index in [9.17, 15) is 9.59 Å². The van der Waals surface area contributed by atoms with Crippen molar-refractivity contribution in [2.45, 2.75) is 39.7 Å². The summed E-state index contributed by atoms with van der Waals surface area (Å²) < 4.78 is 11.2. The lowest BCUT2D eigenvalue weighted by Crippen LogP contribution is -2.53. The van der Waals surface area contributed by atoms with E-state index in [4.69, 9.17) is 9.15 Å². The molecular formula is C22H28N2O4. The Balaban J connectivity index is 1.59. The minimum Gasteiger partial charge on any atom is -0.481 e. The van der Waals surface area contributed by atoms with Crippen LogP contribution in [0.1, 0.15) is 48.4 Å². The summed E-state index contributed by atoms with van der Waals surface area (Å²) in [5, 5.41) is 0. The van der Waals surface area contributed by atoms with E-state index in [0.717, 1.165) is 16.9 Å². The summed E-state index contributed by atoms with van der Waals surface area (Å²) in [6.45, 7) is 9.97. The SMILES string of the molecule is Cc1ccc(C(C)C)c(OC(C)C(=O)N2CCN(C(=O)c3ccco3)CC2)c1. The van der Waals surface area contributed by atoms with E-state index in [2.05, 4.69) is 26.0 Å². The molecular weight excluding hydrogens is 356 g/mol. The summed E-state index contributed by atoms with van der Waals surface area (Å²) in [6, 6.07) is 9.46. The molecule has 1 unspecified atom stereocenters. The Hall–Kier alpha value is -2.76. The third-order valence-corrected chi connectivity index (χ3v) is 5.05. The molecule has 1 atom stereocenters. The standard InChI is InChI=1S/C22H28N2O4/c1-15(2)18-8-7-16(3)14-20(18)28-17(4)21(25)23-9-11-24(12-10-23)22(26)19-6-5-13-27-19/h5-8,13-15,17H,9-12H2,1-4H3. The predicted molar refractivity (Wildman–Crippen MR) is 107 cm³/mol. The van der Waals surface area contributed by atoms with Crippen molar-refractivity contribution in [3.8, 4) is 5.75 Å². The van der Waals surface area contributed by atoms with Crippen molar-refractivity contribution in [3.63, 3.8) is 0 Å². The zero-order chi connectivity index (χ0) is 20.3. The van der Waals surface area contributed by atoms with Gasteiger partial charge in [0.05, 0.1) is 6.26 Å². The van der Waals surface area contributed by atoms with E-state index in [1.165, 1.54) is 6.26 Å². The first-order valence-electron chi connectivity index (χ1n) is 9.75. The van der Waals surface area contributed by atoms with E-state index in [-0.39, 0.29) is 11.8 Å². The van der Waals surface area contributed by atoms with Gasteiger partial charge in [-0.3, -0.25) is 9.59 Å². The number of ether oxygens (including phenoxy) is 1. The minimum atomic E-state index is -0.577. The van der Waals surface area contributed by atoms with E-state index >= 15 is 0 Å². The number of furan rings is 1. The van der Waals surface area contributed by atoms with Gasteiger partial charge in [0, 0.05) is 26.2 Å². The number of hydrogen-bond donors (Lipinski definition) is 0. The first-order valence-corrected chi connectivity index (χ1v) is 9.75. The Morgan fingerprint density at radius 3 is 2.32 bits per heavy atom. The summed E-state index contributed by atoms with van der Waals surface area (Å²) in [7, 11) is 0. The van der Waals surface area contributed by atoms with Crippen molar-refractivity contribution >= 4 is 11.8 Å². The number of rotatable bonds is 5. The van der Waals surface area contributed by atoms with Crippen molar-refractivity contribution in [3.05, 3.63) is 53.5 Å². The van der Waals surface area contributed by atoms with Crippen LogP contribution in [-0.4, -0.2) is 53.9 Å². The number of hydrogen-bond acceptors (Lipinski definition) is 4. The fraction of sp³-hybridized carbons (Fsp3) is 0.455. The van der Waals surface area contributed by atoms with Gasteiger partial charge in [-0.25, -0.2) is 0 Å². The van der Waals surface area contributed by atoms with Crippen LogP contribution in [0.2, 0.25) is 0 Å². The molecule has 28 heavy (non-hydrogen) atoms. The first kappa shape index (κ1) is 20.0. The van der Waals surface area contributed by atoms with Crippen molar-refractivity contribution < 1.29 is 18.7 Å². The summed E-state index contributed by atoms with van der Waals surface area (Å²) in [5.41, 5.74) is 2.20. The molecule has 1 saturated heterocycles. The van der Waals surface area contributed by atoms with Gasteiger partial charge in [0.25, 0.3) is 11.8 Å². The topological polar surface area (TPSA) is 63.0 Å². The highest BCUT2D eigenvalue weighted by Crippen LogP contribution is 2.28. The Bertz CT molecular complexity index is 821. The number of carbonyl (C=O) groups is 2. The Kier molecular flexibility index (Phi) is 6.07. The van der Waals surface area contributed by atoms with Gasteiger partial charge in [0.1, 0.15) is 5.75 Å². The smallest absolute Gasteiger partial charge is 0.289 e. The van der Waals surface area contributed by atoms with Crippen LogP contribution >= 0.6 is 0 Å². The largest absolute Gasteiger partial charge is 0.481 e. The molecule has 0 N–H and O–H groups in total. The van der Waals surface area contributed by atoms with Gasteiger partial charge in [-0.1, -0.05) is 26.0 Å². The van der Waals surface area contributed by atoms with E-state index in [1.807, 2.05) is 13.0 Å². The van der Waals surface area contributed by atoms with Crippen LogP contribution < -0.4 is 4.74 Å². The van der Waals surface area contributed by atoms with E-state index in [1.54, 1.807) is 28.9 Å². The molecule has 1 aliphatic heterocycles. The summed E-state index contributed by atoms with van der Waals surface area (Å²) in [5.74, 6) is 1.22. The fourth-order valence-electron chi connectivity index (χ4n) is 3.40. The lowest BCUT2D eigenvalue weighted by atomic mass is 10.0. The van der Waals surface area contributed by atoms with Gasteiger partial charge >= 0.3 is 0 Å². The average Bonchev–Trinajstić information content (AvgIpc) is 3.21. The summed E-state index contributed by atoms with van der Waals surface area (Å²) >= 11 is 0. The fourth-order valence-corrected chi connectivity index (χ4v) is 3.40. The highest BCUT2D eigenvalue weighted by Gasteiger charge is 2.29. The lowest BCUT2D eigenvalue weighted by Gasteiger charge is -2.35. The highest BCUT2D eigenvalue weighted by atomic mass is 16.5. The van der Waals surface area contributed by atoms with Crippen LogP contribution in [0, 0.1) is 6.92 Å². The third-order valence-electron chi connectivity index (χ3n) is 5.05. The number of aryl methyl sites for hydroxylation is 1. The number of carbonyl (C=O) groups excluding carboxylic acids is 2. The van der Waals surface area contributed by atoms with Gasteiger partial charge in [-0.2, -0.15) is 0 Å². The summed E-state index contributed by atoms with van der Waals surface area (Å²) in [6.07, 6.45) is 0.912. The zero-order valence-electron chi connectivity index (χ0n) is 17.0. The predicted octanol–water partition coefficient (Wildman–Crippen LogP) is 3.46. The minimum absolute atomic E-state index is 0.0543. The molecule has 2 amide bonds. The Labute approximate surface area is 166 Å². The molecule has 6 heteroatoms. The molecule has 1 fully saturated rings. The third kappa shape index (κ3) is 4.38. The van der Waals surface area contributed by atoms with Crippen molar-refractivity contribution in [2.24, 2.45) is 0 Å². The van der Waals surface area contributed by atoms with Gasteiger partial charge in [-0.05, 0) is 49.1 Å². The average molecular weight is 384 g/mol. The van der Waals surface area contributed by atoms with Gasteiger partial charge < -0.3 is 19.0 Å². The van der Waals surface area contributed by atoms with E-state index < -0.39 is 6.10 Å². The normalized spacial score (nSPS) is 15.6. The molecule has 0 spiro atoms. The van der Waals surface area contributed by atoms with Gasteiger partial charge in [0.15, 0.2) is 11.9 Å². The number of benzene rings is 1. The van der Waals surface area contributed by atoms with Crippen LogP contribution in [0.4, 0.5) is 0 Å². The maximum atomic E-state index is 12.9. The van der Waals surface area contributed by atoms with Crippen molar-refractivity contribution in [2.75, 3.05) is 26.2 Å². The Morgan fingerprint density at radius 1 is 1.04 bits per heavy atom. The second kappa shape index (κ2) is 8.50. The number of amides is 2. The number of nitrogens with zero attached hydrogens (tertiary/aromatic N) is 2. The molecule has 0 aliphatic carbocycles. The molecule has 6 nitrogen and oxygen atoms in total. The highest BCUT2D eigenvalue weighted by molar-refractivity contribution is 5.91. The van der Waals surface area contributed by atoms with Gasteiger partial charge in [-0.15, -0.1) is 0 Å². The van der Waals surface area contributed by atoms with Gasteiger partial charge in [0.2, 0.25) is 0 Å². The molecule has 1 aromatic carbocycles. The molecule has 3 rings (SSSR count). The second-order valence-corrected chi connectivity index (χ2v) is 7.55. The maximum absolute atomic E-state index is 12.9. The van der Waals surface area contributed by atoms with Crippen molar-refractivity contribution in [1.29, 1.82) is 0 Å². The number of piperazine rings is 1. The van der Waals surface area contributed by atoms with Crippen LogP contribution in [0.25, 0.3) is 0 Å². The summed E-state index contributed by atoms with van der Waals surface area (Å²) in [4.78, 5) is 28.7. The molecule has 150 valence electrons. The molecule has 2 heterocycles. The van der Waals surface area contributed by atoms with Crippen LogP contribution in [0.15, 0.2) is 41.0 Å². The molecule has 2 aromatic rings. The zero-order valence-corrected chi connectivity index (χ0v) is 17.0. The second-order valence-electron chi connectivity index (χ2n) is 7.55. The monoisotopic (exact) mass is 384 g/mol. The Morgan fingerprint density at radius 2 is 1.71 bits per heavy atom. The van der Waals surface area contributed by atoms with E-state index in [0.29, 0.717) is 37.9 Å². The molecule has 1 aliphatic rings. The van der Waals surface area contributed by atoms with Crippen LogP contribution in [-0.2, 0) is 4.79 Å². The van der Waals surface area contributed by atoms with Crippen molar-refractivity contribution in [1.82, 2.24) is 9.80 Å². The first-order chi connectivity index (χ1) is 13.4. The maximum Gasteiger partial charge on any atom is 0.289 e. The van der Waals surface area contributed by atoms with Crippen LogP contribution in [0.3, 0.4) is 0 Å². The molecule has 0 radical (unpaired) electrons. The van der Waals surface area contributed by atoms with Crippen LogP contribution in [0.5, 0.6) is 5.75 Å². The lowest BCUT2D eigenvalue weighted by molar-refractivity contribution is -0.139.